The van der Waals surface area contributed by atoms with Crippen LogP contribution >= 0.6 is 11.8 Å². The molecule has 4 fully saturated rings. The molecule has 4 aliphatic rings. The SMILES string of the molecule is COC(=O)c1c(SCC(=O)NC23CC4CC(CC(C4)C2)C3)nc(=O)[nH]c1C. The van der Waals surface area contributed by atoms with E-state index in [9.17, 15) is 14.4 Å². The zero-order chi connectivity index (χ0) is 19.2. The van der Waals surface area contributed by atoms with Gasteiger partial charge in [0, 0.05) is 11.2 Å². The van der Waals surface area contributed by atoms with Gasteiger partial charge in [0.1, 0.15) is 10.6 Å². The van der Waals surface area contributed by atoms with Crippen LogP contribution in [0.4, 0.5) is 0 Å². The van der Waals surface area contributed by atoms with E-state index in [1.807, 2.05) is 0 Å². The van der Waals surface area contributed by atoms with Gasteiger partial charge in [-0.2, -0.15) is 4.98 Å². The molecule has 5 rings (SSSR count). The Hall–Kier alpha value is -1.83. The monoisotopic (exact) mass is 391 g/mol. The number of thioether (sulfide) groups is 1. The summed E-state index contributed by atoms with van der Waals surface area (Å²) >= 11 is 1.11. The van der Waals surface area contributed by atoms with Crippen molar-refractivity contribution in [3.05, 3.63) is 21.7 Å². The predicted octanol–water partition coefficient (Wildman–Crippen LogP) is 2.04. The summed E-state index contributed by atoms with van der Waals surface area (Å²) in [7, 11) is 1.28. The van der Waals surface area contributed by atoms with E-state index < -0.39 is 11.7 Å². The number of nitrogens with one attached hydrogen (secondary N) is 2. The van der Waals surface area contributed by atoms with Crippen LogP contribution in [0.15, 0.2) is 9.82 Å². The summed E-state index contributed by atoms with van der Waals surface area (Å²) in [6, 6.07) is 0. The number of amides is 1. The van der Waals surface area contributed by atoms with Gasteiger partial charge in [-0.1, -0.05) is 11.8 Å². The van der Waals surface area contributed by atoms with Gasteiger partial charge < -0.3 is 15.0 Å². The smallest absolute Gasteiger partial charge is 0.346 e. The van der Waals surface area contributed by atoms with Crippen molar-refractivity contribution in [2.24, 2.45) is 17.8 Å². The van der Waals surface area contributed by atoms with Crippen LogP contribution in [-0.2, 0) is 9.53 Å². The van der Waals surface area contributed by atoms with Crippen LogP contribution in [0.3, 0.4) is 0 Å². The summed E-state index contributed by atoms with van der Waals surface area (Å²) in [6.45, 7) is 1.62. The third-order valence-corrected chi connectivity index (χ3v) is 7.23. The molecule has 2 N–H and O–H groups in total. The first-order chi connectivity index (χ1) is 12.9. The maximum atomic E-state index is 12.7. The number of nitrogens with zero attached hydrogens (tertiary/aromatic N) is 1. The number of aromatic amines is 1. The molecular formula is C19H25N3O4S. The molecule has 146 valence electrons. The van der Waals surface area contributed by atoms with Crippen LogP contribution in [-0.4, -0.2) is 40.2 Å². The van der Waals surface area contributed by atoms with Crippen molar-refractivity contribution in [1.82, 2.24) is 15.3 Å². The van der Waals surface area contributed by atoms with Crippen molar-refractivity contribution in [3.63, 3.8) is 0 Å². The lowest BCUT2D eigenvalue weighted by Gasteiger charge is -2.56. The number of methoxy groups -OCH3 is 1. The lowest BCUT2D eigenvalue weighted by atomic mass is 9.53. The Morgan fingerprint density at radius 1 is 1.22 bits per heavy atom. The molecule has 7 nitrogen and oxygen atoms in total. The van der Waals surface area contributed by atoms with Gasteiger partial charge in [-0.25, -0.2) is 9.59 Å². The van der Waals surface area contributed by atoms with Crippen molar-refractivity contribution in [1.29, 1.82) is 0 Å². The highest BCUT2D eigenvalue weighted by atomic mass is 32.2. The molecule has 1 aromatic rings. The van der Waals surface area contributed by atoms with Crippen molar-refractivity contribution < 1.29 is 14.3 Å². The first-order valence-electron chi connectivity index (χ1n) is 9.50. The number of carbonyl (C=O) groups is 2. The fraction of sp³-hybridized carbons (Fsp3) is 0.684. The summed E-state index contributed by atoms with van der Waals surface area (Å²) in [5, 5.41) is 3.54. The van der Waals surface area contributed by atoms with Crippen molar-refractivity contribution in [2.45, 2.75) is 56.0 Å². The van der Waals surface area contributed by atoms with E-state index in [0.29, 0.717) is 5.69 Å². The molecule has 0 saturated heterocycles. The number of ether oxygens (including phenoxy) is 1. The zero-order valence-electron chi connectivity index (χ0n) is 15.7. The average Bonchev–Trinajstić information content (AvgIpc) is 2.57. The largest absolute Gasteiger partial charge is 0.465 e. The fourth-order valence-corrected chi connectivity index (χ4v) is 6.60. The normalized spacial score (nSPS) is 31.0. The molecule has 0 aliphatic heterocycles. The minimum Gasteiger partial charge on any atom is -0.465 e. The first kappa shape index (κ1) is 18.5. The molecule has 4 saturated carbocycles. The number of carbonyl (C=O) groups excluding carboxylic acids is 2. The number of H-pyrrole nitrogens is 1. The van der Waals surface area contributed by atoms with Crippen LogP contribution in [0, 0.1) is 24.7 Å². The highest BCUT2D eigenvalue weighted by Gasteiger charge is 2.51. The number of hydrogen-bond acceptors (Lipinski definition) is 6. The second-order valence-corrected chi connectivity index (χ2v) is 9.34. The molecule has 0 radical (unpaired) electrons. The quantitative estimate of drug-likeness (QED) is 0.453. The van der Waals surface area contributed by atoms with E-state index in [-0.39, 0.29) is 27.8 Å². The van der Waals surface area contributed by atoms with E-state index >= 15 is 0 Å². The third kappa shape index (κ3) is 3.63. The summed E-state index contributed by atoms with van der Waals surface area (Å²) < 4.78 is 4.78. The van der Waals surface area contributed by atoms with Crippen molar-refractivity contribution >= 4 is 23.6 Å². The Morgan fingerprint density at radius 3 is 2.37 bits per heavy atom. The van der Waals surface area contributed by atoms with E-state index in [2.05, 4.69) is 15.3 Å². The van der Waals surface area contributed by atoms with Crippen molar-refractivity contribution in [3.8, 4) is 0 Å². The van der Waals surface area contributed by atoms with Gasteiger partial charge in [0.2, 0.25) is 5.91 Å². The summed E-state index contributed by atoms with van der Waals surface area (Å²) in [4.78, 5) is 42.7. The number of aryl methyl sites for hydroxylation is 1. The zero-order valence-corrected chi connectivity index (χ0v) is 16.5. The number of aromatic nitrogens is 2. The summed E-state index contributed by atoms with van der Waals surface area (Å²) in [5.74, 6) is 1.77. The first-order valence-corrected chi connectivity index (χ1v) is 10.5. The standard InChI is InChI=1S/C19H25N3O4S/c1-10-15(17(24)26-2)16(21-18(25)20-10)27-9-14(23)22-19-6-11-3-12(7-19)5-13(4-11)8-19/h11-13H,3-9H2,1-2H3,(H,22,23)(H,20,21,25). The molecule has 27 heavy (non-hydrogen) atoms. The molecule has 1 amide bonds. The lowest BCUT2D eigenvalue weighted by molar-refractivity contribution is -0.124. The summed E-state index contributed by atoms with van der Waals surface area (Å²) in [5.41, 5.74) is 0.0226. The third-order valence-electron chi connectivity index (χ3n) is 6.26. The number of rotatable bonds is 5. The Morgan fingerprint density at radius 2 is 1.81 bits per heavy atom. The van der Waals surface area contributed by atoms with Gasteiger partial charge in [-0.3, -0.25) is 4.79 Å². The topological polar surface area (TPSA) is 101 Å². The highest BCUT2D eigenvalue weighted by Crippen LogP contribution is 2.55. The van der Waals surface area contributed by atoms with Gasteiger partial charge >= 0.3 is 11.7 Å². The number of hydrogen-bond donors (Lipinski definition) is 2. The van der Waals surface area contributed by atoms with Crippen LogP contribution in [0.1, 0.15) is 54.6 Å². The van der Waals surface area contributed by atoms with E-state index in [4.69, 9.17) is 4.74 Å². The molecule has 0 atom stereocenters. The van der Waals surface area contributed by atoms with E-state index in [0.717, 1.165) is 48.8 Å². The predicted molar refractivity (Wildman–Crippen MR) is 101 cm³/mol. The second-order valence-electron chi connectivity index (χ2n) is 8.37. The number of esters is 1. The Bertz CT molecular complexity index is 799. The van der Waals surface area contributed by atoms with Gasteiger partial charge in [0.15, 0.2) is 0 Å². The summed E-state index contributed by atoms with van der Waals surface area (Å²) in [6.07, 6.45) is 7.23. The maximum Gasteiger partial charge on any atom is 0.346 e. The maximum absolute atomic E-state index is 12.7. The molecule has 8 heteroatoms. The molecule has 4 bridgehead atoms. The van der Waals surface area contributed by atoms with Gasteiger partial charge in [0.05, 0.1) is 12.9 Å². The molecule has 0 unspecified atom stereocenters. The highest BCUT2D eigenvalue weighted by molar-refractivity contribution is 8.00. The van der Waals surface area contributed by atoms with E-state index in [1.54, 1.807) is 6.92 Å². The van der Waals surface area contributed by atoms with Crippen molar-refractivity contribution in [2.75, 3.05) is 12.9 Å². The molecule has 1 aromatic heterocycles. The van der Waals surface area contributed by atoms with Gasteiger partial charge in [-0.15, -0.1) is 0 Å². The molecule has 1 heterocycles. The van der Waals surface area contributed by atoms with E-state index in [1.165, 1.54) is 26.4 Å². The van der Waals surface area contributed by atoms with Crippen LogP contribution < -0.4 is 11.0 Å². The van der Waals surface area contributed by atoms with Crippen LogP contribution in [0.5, 0.6) is 0 Å². The molecular weight excluding hydrogens is 366 g/mol. The Balaban J connectivity index is 1.44. The van der Waals surface area contributed by atoms with Crippen LogP contribution in [0.2, 0.25) is 0 Å². The Labute approximate surface area is 162 Å². The molecule has 4 aliphatic carbocycles. The van der Waals surface area contributed by atoms with Crippen LogP contribution in [0.25, 0.3) is 0 Å². The average molecular weight is 391 g/mol. The fourth-order valence-electron chi connectivity index (χ4n) is 5.74. The minimum absolute atomic E-state index is 0.0465. The minimum atomic E-state index is -0.569. The molecule has 0 aromatic carbocycles. The van der Waals surface area contributed by atoms with Gasteiger partial charge in [0.25, 0.3) is 0 Å². The lowest BCUT2D eigenvalue weighted by Crippen LogP contribution is -2.60. The van der Waals surface area contributed by atoms with Gasteiger partial charge in [-0.05, 0) is 63.2 Å². The second kappa shape index (κ2) is 6.96. The Kier molecular flexibility index (Phi) is 4.78. The molecule has 0 spiro atoms.